The van der Waals surface area contributed by atoms with Gasteiger partial charge in [-0.15, -0.1) is 0 Å². The number of hydrogen-bond donors (Lipinski definition) is 2. The number of sulfonamides is 1. The SMILES string of the molecule is O=C(CNc1cc(S(=O)(=O)N2CCOCC2)ccc1Oc1ccc(F)cc1)NC1CCCC1. The molecule has 1 heterocycles. The first kappa shape index (κ1) is 23.5. The van der Waals surface area contributed by atoms with E-state index in [9.17, 15) is 17.6 Å². The van der Waals surface area contributed by atoms with Gasteiger partial charge in [0.2, 0.25) is 15.9 Å². The van der Waals surface area contributed by atoms with Crippen LogP contribution in [0.25, 0.3) is 0 Å². The van der Waals surface area contributed by atoms with Crippen LogP contribution >= 0.6 is 0 Å². The molecule has 1 saturated carbocycles. The molecule has 1 aliphatic heterocycles. The van der Waals surface area contributed by atoms with Gasteiger partial charge in [0.25, 0.3) is 0 Å². The van der Waals surface area contributed by atoms with Crippen molar-refractivity contribution >= 4 is 21.6 Å². The third-order valence-electron chi connectivity index (χ3n) is 5.76. The van der Waals surface area contributed by atoms with Gasteiger partial charge in [-0.05, 0) is 55.3 Å². The van der Waals surface area contributed by atoms with Crippen LogP contribution < -0.4 is 15.4 Å². The molecule has 10 heteroatoms. The first-order chi connectivity index (χ1) is 15.9. The fraction of sp³-hybridized carbons (Fsp3) is 0.435. The van der Waals surface area contributed by atoms with Crippen molar-refractivity contribution in [3.8, 4) is 11.5 Å². The van der Waals surface area contributed by atoms with Crippen molar-refractivity contribution in [1.29, 1.82) is 0 Å². The molecule has 0 spiro atoms. The van der Waals surface area contributed by atoms with Crippen molar-refractivity contribution in [2.75, 3.05) is 38.2 Å². The van der Waals surface area contributed by atoms with Gasteiger partial charge >= 0.3 is 0 Å². The Hall–Kier alpha value is -2.69. The molecule has 1 amide bonds. The topological polar surface area (TPSA) is 97.0 Å². The maximum Gasteiger partial charge on any atom is 0.243 e. The summed E-state index contributed by atoms with van der Waals surface area (Å²) >= 11 is 0. The molecule has 0 unspecified atom stereocenters. The highest BCUT2D eigenvalue weighted by Gasteiger charge is 2.27. The minimum atomic E-state index is -3.73. The van der Waals surface area contributed by atoms with E-state index in [1.165, 1.54) is 46.8 Å². The summed E-state index contributed by atoms with van der Waals surface area (Å²) in [4.78, 5) is 12.5. The molecule has 0 radical (unpaired) electrons. The van der Waals surface area contributed by atoms with Crippen LogP contribution in [0, 0.1) is 5.82 Å². The maximum absolute atomic E-state index is 13.2. The van der Waals surface area contributed by atoms with E-state index in [-0.39, 0.29) is 36.5 Å². The van der Waals surface area contributed by atoms with Gasteiger partial charge in [-0.25, -0.2) is 12.8 Å². The zero-order valence-electron chi connectivity index (χ0n) is 18.3. The number of anilines is 1. The number of morpholine rings is 1. The quantitative estimate of drug-likeness (QED) is 0.607. The number of nitrogens with one attached hydrogen (secondary N) is 2. The Morgan fingerprint density at radius 3 is 2.48 bits per heavy atom. The zero-order chi connectivity index (χ0) is 23.3. The van der Waals surface area contributed by atoms with Gasteiger partial charge < -0.3 is 20.1 Å². The summed E-state index contributed by atoms with van der Waals surface area (Å²) in [7, 11) is -3.73. The zero-order valence-corrected chi connectivity index (χ0v) is 19.1. The average Bonchev–Trinajstić information content (AvgIpc) is 3.33. The lowest BCUT2D eigenvalue weighted by atomic mass is 10.2. The van der Waals surface area contributed by atoms with E-state index in [0.29, 0.717) is 30.4 Å². The minimum absolute atomic E-state index is 0.0304. The molecule has 0 atom stereocenters. The largest absolute Gasteiger partial charge is 0.455 e. The monoisotopic (exact) mass is 477 g/mol. The second-order valence-electron chi connectivity index (χ2n) is 8.13. The highest BCUT2D eigenvalue weighted by molar-refractivity contribution is 7.89. The Kier molecular flexibility index (Phi) is 7.46. The summed E-state index contributed by atoms with van der Waals surface area (Å²) in [5.41, 5.74) is 0.357. The van der Waals surface area contributed by atoms with E-state index < -0.39 is 15.8 Å². The molecule has 0 bridgehead atoms. The molecular weight excluding hydrogens is 449 g/mol. The lowest BCUT2D eigenvalue weighted by Crippen LogP contribution is -2.40. The lowest BCUT2D eigenvalue weighted by Gasteiger charge is -2.26. The number of carbonyl (C=O) groups is 1. The van der Waals surface area contributed by atoms with E-state index >= 15 is 0 Å². The van der Waals surface area contributed by atoms with Crippen LogP contribution in [0.2, 0.25) is 0 Å². The van der Waals surface area contributed by atoms with Crippen LogP contribution in [-0.2, 0) is 19.6 Å². The first-order valence-corrected chi connectivity index (χ1v) is 12.5. The fourth-order valence-electron chi connectivity index (χ4n) is 3.99. The van der Waals surface area contributed by atoms with Gasteiger partial charge in [0.15, 0.2) is 5.75 Å². The Labute approximate surface area is 193 Å². The van der Waals surface area contributed by atoms with E-state index in [2.05, 4.69) is 10.6 Å². The third kappa shape index (κ3) is 6.01. The first-order valence-electron chi connectivity index (χ1n) is 11.1. The van der Waals surface area contributed by atoms with E-state index in [1.54, 1.807) is 0 Å². The van der Waals surface area contributed by atoms with Crippen LogP contribution in [0.5, 0.6) is 11.5 Å². The van der Waals surface area contributed by atoms with Crippen LogP contribution in [0.3, 0.4) is 0 Å². The van der Waals surface area contributed by atoms with Crippen LogP contribution in [0.15, 0.2) is 47.4 Å². The molecule has 1 saturated heterocycles. The van der Waals surface area contributed by atoms with Crippen molar-refractivity contribution in [1.82, 2.24) is 9.62 Å². The van der Waals surface area contributed by atoms with Crippen molar-refractivity contribution in [3.05, 3.63) is 48.3 Å². The fourth-order valence-corrected chi connectivity index (χ4v) is 5.42. The predicted molar refractivity (Wildman–Crippen MR) is 121 cm³/mol. The number of hydrogen-bond acceptors (Lipinski definition) is 6. The summed E-state index contributed by atoms with van der Waals surface area (Å²) in [6.45, 7) is 1.22. The van der Waals surface area contributed by atoms with Gasteiger partial charge in [0.1, 0.15) is 11.6 Å². The summed E-state index contributed by atoms with van der Waals surface area (Å²) in [5.74, 6) is 0.155. The Bertz CT molecular complexity index is 1070. The van der Waals surface area contributed by atoms with Crippen LogP contribution in [0.1, 0.15) is 25.7 Å². The summed E-state index contributed by atoms with van der Waals surface area (Å²) in [5, 5.41) is 6.01. The van der Waals surface area contributed by atoms with Crippen molar-refractivity contribution in [3.63, 3.8) is 0 Å². The second-order valence-corrected chi connectivity index (χ2v) is 10.1. The number of benzene rings is 2. The number of amides is 1. The number of nitrogens with zero attached hydrogens (tertiary/aromatic N) is 1. The number of carbonyl (C=O) groups excluding carboxylic acids is 1. The normalized spacial score (nSPS) is 17.6. The molecule has 178 valence electrons. The highest BCUT2D eigenvalue weighted by atomic mass is 32.2. The molecule has 2 aromatic carbocycles. The Morgan fingerprint density at radius 1 is 1.09 bits per heavy atom. The van der Waals surface area contributed by atoms with Gasteiger partial charge in [-0.1, -0.05) is 12.8 Å². The highest BCUT2D eigenvalue weighted by Crippen LogP contribution is 2.33. The smallest absolute Gasteiger partial charge is 0.243 e. The van der Waals surface area contributed by atoms with Gasteiger partial charge in [-0.2, -0.15) is 4.31 Å². The van der Waals surface area contributed by atoms with Crippen LogP contribution in [-0.4, -0.2) is 57.5 Å². The second kappa shape index (κ2) is 10.5. The standard InChI is InChI=1S/C23H28FN3O5S/c24-17-5-7-19(8-6-17)32-22-10-9-20(33(29,30)27-11-13-31-14-12-27)15-21(22)25-16-23(28)26-18-3-1-2-4-18/h5-10,15,18,25H,1-4,11-14,16H2,(H,26,28). The molecule has 8 nitrogen and oxygen atoms in total. The molecule has 2 fully saturated rings. The number of ether oxygens (including phenoxy) is 2. The third-order valence-corrected chi connectivity index (χ3v) is 7.65. The number of halogens is 1. The van der Waals surface area contributed by atoms with Crippen molar-refractivity contribution in [2.24, 2.45) is 0 Å². The van der Waals surface area contributed by atoms with Gasteiger partial charge in [0.05, 0.1) is 30.3 Å². The van der Waals surface area contributed by atoms with Gasteiger partial charge in [0, 0.05) is 19.1 Å². The Morgan fingerprint density at radius 2 is 1.79 bits per heavy atom. The average molecular weight is 478 g/mol. The van der Waals surface area contributed by atoms with Crippen molar-refractivity contribution in [2.45, 2.75) is 36.6 Å². The van der Waals surface area contributed by atoms with Crippen LogP contribution in [0.4, 0.5) is 10.1 Å². The summed E-state index contributed by atoms with van der Waals surface area (Å²) < 4.78 is 51.9. The molecule has 0 aromatic heterocycles. The molecule has 2 aliphatic rings. The van der Waals surface area contributed by atoms with E-state index in [4.69, 9.17) is 9.47 Å². The summed E-state index contributed by atoms with van der Waals surface area (Å²) in [6.07, 6.45) is 4.15. The molecule has 2 N–H and O–H groups in total. The molecule has 33 heavy (non-hydrogen) atoms. The Balaban J connectivity index is 1.55. The number of rotatable bonds is 8. The maximum atomic E-state index is 13.2. The molecule has 1 aliphatic carbocycles. The predicted octanol–water partition coefficient (Wildman–Crippen LogP) is 3.11. The molecule has 4 rings (SSSR count). The lowest BCUT2D eigenvalue weighted by molar-refractivity contribution is -0.120. The summed E-state index contributed by atoms with van der Waals surface area (Å²) in [6, 6.07) is 10.1. The van der Waals surface area contributed by atoms with E-state index in [0.717, 1.165) is 25.7 Å². The van der Waals surface area contributed by atoms with Gasteiger partial charge in [-0.3, -0.25) is 4.79 Å². The van der Waals surface area contributed by atoms with E-state index in [1.807, 2.05) is 0 Å². The van der Waals surface area contributed by atoms with Crippen molar-refractivity contribution < 1.29 is 27.1 Å². The molecular formula is C23H28FN3O5S. The minimum Gasteiger partial charge on any atom is -0.455 e. The molecule has 2 aromatic rings.